The van der Waals surface area contributed by atoms with Gasteiger partial charge in [-0.25, -0.2) is 0 Å². The van der Waals surface area contributed by atoms with Crippen LogP contribution in [-0.4, -0.2) is 7.11 Å². The summed E-state index contributed by atoms with van der Waals surface area (Å²) < 4.78 is 12.9. The quantitative estimate of drug-likeness (QED) is 0.709. The van der Waals surface area contributed by atoms with Gasteiger partial charge in [0.05, 0.1) is 16.1 Å². The lowest BCUT2D eigenvalue weighted by atomic mass is 10.0. The monoisotopic (exact) mass is 413 g/mol. The molecule has 0 radical (unpaired) electrons. The van der Waals surface area contributed by atoms with Crippen LogP contribution in [0.5, 0.6) is 17.2 Å². The summed E-state index contributed by atoms with van der Waals surface area (Å²) in [7, 11) is 1.63. The van der Waals surface area contributed by atoms with Crippen molar-refractivity contribution in [3.8, 4) is 17.2 Å². The minimum absolute atomic E-state index is 0.0401. The van der Waals surface area contributed by atoms with E-state index in [2.05, 4.69) is 38.8 Å². The summed E-state index contributed by atoms with van der Waals surface area (Å²) in [6, 6.07) is 11.5. The smallest absolute Gasteiger partial charge is 0.143 e. The second-order valence-electron chi connectivity index (χ2n) is 4.57. The van der Waals surface area contributed by atoms with E-state index < -0.39 is 0 Å². The lowest BCUT2D eigenvalue weighted by Crippen LogP contribution is -2.09. The van der Waals surface area contributed by atoms with Crippen LogP contribution in [0.4, 0.5) is 0 Å². The minimum Gasteiger partial charge on any atom is -0.496 e. The fraction of sp³-hybridized carbons (Fsp3) is 0.250. The van der Waals surface area contributed by atoms with E-state index in [1.807, 2.05) is 36.4 Å². The summed E-state index contributed by atoms with van der Waals surface area (Å²) in [5.74, 6) is 2.22. The third-order valence-corrected chi connectivity index (χ3v) is 4.42. The van der Waals surface area contributed by atoms with Crippen molar-refractivity contribution in [1.82, 2.24) is 0 Å². The highest BCUT2D eigenvalue weighted by atomic mass is 79.9. The Hall–Kier alpha value is -1.04. The number of hydrogen-bond acceptors (Lipinski definition) is 3. The van der Waals surface area contributed by atoms with Crippen molar-refractivity contribution < 1.29 is 9.47 Å². The molecule has 3 nitrogen and oxygen atoms in total. The van der Waals surface area contributed by atoms with Crippen LogP contribution in [0.2, 0.25) is 0 Å². The average molecular weight is 415 g/mol. The highest BCUT2D eigenvalue weighted by Gasteiger charge is 2.14. The van der Waals surface area contributed by atoms with Gasteiger partial charge in [-0.15, -0.1) is 0 Å². The molecule has 2 rings (SSSR count). The number of para-hydroxylation sites is 1. The van der Waals surface area contributed by atoms with Crippen molar-refractivity contribution in [1.29, 1.82) is 0 Å². The third kappa shape index (κ3) is 3.78. The molecule has 0 fully saturated rings. The SMILES string of the molecule is CC[C@H](N)c1ccccc1Oc1cc(Br)c(OC)cc1Br. The van der Waals surface area contributed by atoms with Gasteiger partial charge in [-0.3, -0.25) is 0 Å². The average Bonchev–Trinajstić information content (AvgIpc) is 2.50. The molecule has 0 aliphatic rings. The number of benzene rings is 2. The highest BCUT2D eigenvalue weighted by Crippen LogP contribution is 2.39. The zero-order valence-corrected chi connectivity index (χ0v) is 15.1. The van der Waals surface area contributed by atoms with Gasteiger partial charge in [-0.1, -0.05) is 25.1 Å². The molecule has 0 aromatic heterocycles. The molecule has 112 valence electrons. The maximum Gasteiger partial charge on any atom is 0.143 e. The van der Waals surface area contributed by atoms with Gasteiger partial charge < -0.3 is 15.2 Å². The molecule has 0 amide bonds. The van der Waals surface area contributed by atoms with E-state index in [0.29, 0.717) is 5.75 Å². The van der Waals surface area contributed by atoms with E-state index in [9.17, 15) is 0 Å². The maximum atomic E-state index is 6.14. The Morgan fingerprint density at radius 3 is 2.33 bits per heavy atom. The van der Waals surface area contributed by atoms with Crippen LogP contribution in [0.25, 0.3) is 0 Å². The number of hydrogen-bond donors (Lipinski definition) is 1. The molecule has 0 saturated heterocycles. The molecule has 0 heterocycles. The van der Waals surface area contributed by atoms with E-state index in [1.165, 1.54) is 0 Å². The van der Waals surface area contributed by atoms with Gasteiger partial charge in [0.2, 0.25) is 0 Å². The summed E-state index contributed by atoms with van der Waals surface area (Å²) in [6.45, 7) is 2.06. The van der Waals surface area contributed by atoms with E-state index in [0.717, 1.165) is 32.4 Å². The predicted octanol–water partition coefficient (Wildman–Crippen LogP) is 5.42. The van der Waals surface area contributed by atoms with Gasteiger partial charge in [-0.05, 0) is 56.5 Å². The Balaban J connectivity index is 2.37. The Labute approximate surface area is 141 Å². The molecule has 5 heteroatoms. The lowest BCUT2D eigenvalue weighted by molar-refractivity contribution is 0.409. The highest BCUT2D eigenvalue weighted by molar-refractivity contribution is 9.11. The Morgan fingerprint density at radius 1 is 1.05 bits per heavy atom. The van der Waals surface area contributed by atoms with Crippen molar-refractivity contribution in [2.45, 2.75) is 19.4 Å². The van der Waals surface area contributed by atoms with E-state index in [1.54, 1.807) is 7.11 Å². The molecule has 0 aliphatic carbocycles. The van der Waals surface area contributed by atoms with Crippen molar-refractivity contribution in [3.63, 3.8) is 0 Å². The van der Waals surface area contributed by atoms with Crippen LogP contribution >= 0.6 is 31.9 Å². The molecule has 1 atom stereocenters. The fourth-order valence-electron chi connectivity index (χ4n) is 1.96. The largest absolute Gasteiger partial charge is 0.496 e. The number of ether oxygens (including phenoxy) is 2. The topological polar surface area (TPSA) is 44.5 Å². The first kappa shape index (κ1) is 16.3. The summed E-state index contributed by atoms with van der Waals surface area (Å²) in [5.41, 5.74) is 7.14. The van der Waals surface area contributed by atoms with Crippen LogP contribution in [-0.2, 0) is 0 Å². The summed E-state index contributed by atoms with van der Waals surface area (Å²) in [5, 5.41) is 0. The summed E-state index contributed by atoms with van der Waals surface area (Å²) in [6.07, 6.45) is 0.855. The standard InChI is InChI=1S/C16H17Br2NO2/c1-3-13(19)10-6-4-5-7-14(10)21-16-9-11(17)15(20-2)8-12(16)18/h4-9,13H,3,19H2,1-2H3/t13-/m0/s1. The number of nitrogens with two attached hydrogens (primary N) is 1. The van der Waals surface area contributed by atoms with Crippen molar-refractivity contribution in [2.75, 3.05) is 7.11 Å². The first-order valence-corrected chi connectivity index (χ1v) is 8.20. The lowest BCUT2D eigenvalue weighted by Gasteiger charge is -2.17. The van der Waals surface area contributed by atoms with Crippen LogP contribution in [0.3, 0.4) is 0 Å². The first-order chi connectivity index (χ1) is 10.1. The molecular weight excluding hydrogens is 398 g/mol. The van der Waals surface area contributed by atoms with Crippen molar-refractivity contribution >= 4 is 31.9 Å². The number of rotatable bonds is 5. The van der Waals surface area contributed by atoms with Crippen molar-refractivity contribution in [3.05, 3.63) is 50.9 Å². The van der Waals surface area contributed by atoms with Crippen LogP contribution in [0.15, 0.2) is 45.3 Å². The Bertz CT molecular complexity index is 632. The fourth-order valence-corrected chi connectivity index (χ4v) is 2.85. The molecule has 0 bridgehead atoms. The molecule has 2 N–H and O–H groups in total. The van der Waals surface area contributed by atoms with Gasteiger partial charge in [0.25, 0.3) is 0 Å². The zero-order chi connectivity index (χ0) is 15.4. The molecule has 21 heavy (non-hydrogen) atoms. The molecule has 0 saturated carbocycles. The molecule has 2 aromatic rings. The maximum absolute atomic E-state index is 6.14. The molecule has 0 spiro atoms. The van der Waals surface area contributed by atoms with E-state index in [-0.39, 0.29) is 6.04 Å². The molecule has 0 aliphatic heterocycles. The van der Waals surface area contributed by atoms with Gasteiger partial charge >= 0.3 is 0 Å². The second-order valence-corrected chi connectivity index (χ2v) is 6.28. The number of halogens is 2. The third-order valence-electron chi connectivity index (χ3n) is 3.18. The molecule has 0 unspecified atom stereocenters. The predicted molar refractivity (Wildman–Crippen MR) is 92.1 cm³/mol. The summed E-state index contributed by atoms with van der Waals surface area (Å²) >= 11 is 6.97. The molecule has 2 aromatic carbocycles. The zero-order valence-electron chi connectivity index (χ0n) is 11.9. The van der Waals surface area contributed by atoms with Crippen LogP contribution in [0, 0.1) is 0 Å². The van der Waals surface area contributed by atoms with E-state index >= 15 is 0 Å². The minimum atomic E-state index is -0.0401. The Kier molecular flexibility index (Phi) is 5.67. The first-order valence-electron chi connectivity index (χ1n) is 6.62. The van der Waals surface area contributed by atoms with Crippen molar-refractivity contribution in [2.24, 2.45) is 5.73 Å². The molecular formula is C16H17Br2NO2. The van der Waals surface area contributed by atoms with Crippen LogP contribution in [0.1, 0.15) is 24.9 Å². The van der Waals surface area contributed by atoms with E-state index in [4.69, 9.17) is 15.2 Å². The van der Waals surface area contributed by atoms with Gasteiger partial charge in [0.15, 0.2) is 0 Å². The summed E-state index contributed by atoms with van der Waals surface area (Å²) in [4.78, 5) is 0. The Morgan fingerprint density at radius 2 is 1.67 bits per heavy atom. The van der Waals surface area contributed by atoms with Gasteiger partial charge in [-0.2, -0.15) is 0 Å². The van der Waals surface area contributed by atoms with Gasteiger partial charge in [0.1, 0.15) is 17.2 Å². The van der Waals surface area contributed by atoms with Gasteiger partial charge in [0, 0.05) is 11.6 Å². The second kappa shape index (κ2) is 7.29. The normalized spacial score (nSPS) is 12.0. The van der Waals surface area contributed by atoms with Crippen LogP contribution < -0.4 is 15.2 Å². The number of methoxy groups -OCH3 is 1.